The fourth-order valence-corrected chi connectivity index (χ4v) is 1.51. The van der Waals surface area contributed by atoms with E-state index in [2.05, 4.69) is 0 Å². The highest BCUT2D eigenvalue weighted by molar-refractivity contribution is 6.25. The molecule has 4 nitrogen and oxygen atoms in total. The fraction of sp³-hybridized carbons (Fsp3) is 0.273. The highest BCUT2D eigenvalue weighted by atomic mass is 16.5. The SMILES string of the molecule is CC1=CC2=CC(=O)C(C)(O)C(=O)C2=CO1. The number of aliphatic hydroxyl groups is 1. The van der Waals surface area contributed by atoms with E-state index in [9.17, 15) is 14.7 Å². The van der Waals surface area contributed by atoms with Crippen LogP contribution in [-0.4, -0.2) is 22.3 Å². The molecule has 0 bridgehead atoms. The normalized spacial score (nSPS) is 29.9. The molecule has 15 heavy (non-hydrogen) atoms. The Bertz CT molecular complexity index is 449. The summed E-state index contributed by atoms with van der Waals surface area (Å²) in [6.07, 6.45) is 4.13. The summed E-state index contributed by atoms with van der Waals surface area (Å²) in [5.41, 5.74) is -1.22. The van der Waals surface area contributed by atoms with Gasteiger partial charge in [0.1, 0.15) is 12.0 Å². The largest absolute Gasteiger partial charge is 0.469 e. The minimum absolute atomic E-state index is 0.241. The lowest BCUT2D eigenvalue weighted by atomic mass is 9.81. The standard InChI is InChI=1S/C11H10O4/c1-6-3-7-4-9(12)11(2,14)10(13)8(7)5-15-6/h3-5,14H,1-2H3. The van der Waals surface area contributed by atoms with E-state index in [0.717, 1.165) is 0 Å². The van der Waals surface area contributed by atoms with Gasteiger partial charge in [-0.2, -0.15) is 0 Å². The van der Waals surface area contributed by atoms with Gasteiger partial charge in [-0.15, -0.1) is 0 Å². The fourth-order valence-electron chi connectivity index (χ4n) is 1.51. The molecule has 0 amide bonds. The Balaban J connectivity index is 2.56. The molecule has 0 spiro atoms. The third-order valence-corrected chi connectivity index (χ3v) is 2.49. The van der Waals surface area contributed by atoms with Crippen LogP contribution in [0.4, 0.5) is 0 Å². The van der Waals surface area contributed by atoms with Gasteiger partial charge in [-0.3, -0.25) is 9.59 Å². The molecular weight excluding hydrogens is 196 g/mol. The summed E-state index contributed by atoms with van der Waals surface area (Å²) >= 11 is 0. The van der Waals surface area contributed by atoms with Crippen LogP contribution in [0.1, 0.15) is 13.8 Å². The van der Waals surface area contributed by atoms with Crippen molar-refractivity contribution in [3.8, 4) is 0 Å². The molecule has 4 heteroatoms. The second-order valence-corrected chi connectivity index (χ2v) is 3.77. The Morgan fingerprint density at radius 2 is 2.00 bits per heavy atom. The highest BCUT2D eigenvalue weighted by Gasteiger charge is 2.44. The first kappa shape index (κ1) is 9.86. The summed E-state index contributed by atoms with van der Waals surface area (Å²) in [5.74, 6) is -0.605. The lowest BCUT2D eigenvalue weighted by Gasteiger charge is -2.27. The monoisotopic (exact) mass is 206 g/mol. The van der Waals surface area contributed by atoms with Crippen LogP contribution in [0.25, 0.3) is 0 Å². The lowest BCUT2D eigenvalue weighted by Crippen LogP contribution is -2.46. The Kier molecular flexibility index (Phi) is 1.91. The van der Waals surface area contributed by atoms with Gasteiger partial charge >= 0.3 is 0 Å². The molecule has 0 radical (unpaired) electrons. The number of ether oxygens (including phenoxy) is 1. The van der Waals surface area contributed by atoms with Crippen LogP contribution in [0.15, 0.2) is 35.3 Å². The molecule has 1 aliphatic carbocycles. The van der Waals surface area contributed by atoms with Crippen molar-refractivity contribution in [3.63, 3.8) is 0 Å². The van der Waals surface area contributed by atoms with E-state index in [0.29, 0.717) is 11.3 Å². The molecule has 0 aromatic heterocycles. The Morgan fingerprint density at radius 1 is 1.33 bits per heavy atom. The van der Waals surface area contributed by atoms with Crippen LogP contribution in [-0.2, 0) is 14.3 Å². The van der Waals surface area contributed by atoms with Gasteiger partial charge in [0, 0.05) is 0 Å². The first-order chi connectivity index (χ1) is 6.93. The van der Waals surface area contributed by atoms with Crippen LogP contribution in [0, 0.1) is 0 Å². The van der Waals surface area contributed by atoms with Gasteiger partial charge in [-0.1, -0.05) is 0 Å². The molecule has 2 rings (SSSR count). The summed E-state index contributed by atoms with van der Waals surface area (Å²) in [4.78, 5) is 23.2. The van der Waals surface area contributed by atoms with Gasteiger partial charge in [-0.25, -0.2) is 0 Å². The van der Waals surface area contributed by atoms with Gasteiger partial charge in [0.25, 0.3) is 0 Å². The Hall–Kier alpha value is -1.68. The van der Waals surface area contributed by atoms with Crippen LogP contribution in [0.2, 0.25) is 0 Å². The number of carbonyl (C=O) groups excluding carboxylic acids is 2. The summed E-state index contributed by atoms with van der Waals surface area (Å²) < 4.78 is 5.06. The molecule has 1 N–H and O–H groups in total. The van der Waals surface area contributed by atoms with E-state index in [1.54, 1.807) is 13.0 Å². The van der Waals surface area contributed by atoms with Crippen molar-refractivity contribution in [1.29, 1.82) is 0 Å². The molecule has 1 atom stereocenters. The van der Waals surface area contributed by atoms with Crippen molar-refractivity contribution in [2.45, 2.75) is 19.4 Å². The lowest BCUT2D eigenvalue weighted by molar-refractivity contribution is -0.144. The van der Waals surface area contributed by atoms with E-state index in [4.69, 9.17) is 4.74 Å². The molecule has 1 heterocycles. The summed E-state index contributed by atoms with van der Waals surface area (Å²) in [5, 5.41) is 9.66. The molecular formula is C11H10O4. The maximum atomic E-state index is 11.7. The van der Waals surface area contributed by atoms with Crippen molar-refractivity contribution < 1.29 is 19.4 Å². The summed E-state index contributed by atoms with van der Waals surface area (Å²) in [6, 6.07) is 0. The molecule has 78 valence electrons. The average Bonchev–Trinajstić information content (AvgIpc) is 2.15. The van der Waals surface area contributed by atoms with Gasteiger partial charge in [-0.05, 0) is 31.6 Å². The third-order valence-electron chi connectivity index (χ3n) is 2.49. The maximum Gasteiger partial charge on any atom is 0.205 e. The molecule has 0 fully saturated rings. The number of Topliss-reactive ketones (excluding diaryl/α,β-unsaturated/α-hetero) is 1. The zero-order valence-electron chi connectivity index (χ0n) is 8.40. The first-order valence-electron chi connectivity index (χ1n) is 4.52. The van der Waals surface area contributed by atoms with Crippen LogP contribution < -0.4 is 0 Å². The third kappa shape index (κ3) is 1.34. The van der Waals surface area contributed by atoms with Crippen LogP contribution in [0.3, 0.4) is 0 Å². The number of ketones is 2. The molecule has 0 aromatic rings. The maximum absolute atomic E-state index is 11.7. The number of fused-ring (bicyclic) bond motifs is 1. The predicted molar refractivity (Wildman–Crippen MR) is 51.6 cm³/mol. The van der Waals surface area contributed by atoms with Crippen LogP contribution >= 0.6 is 0 Å². The van der Waals surface area contributed by atoms with Crippen molar-refractivity contribution in [3.05, 3.63) is 35.3 Å². The summed E-state index contributed by atoms with van der Waals surface area (Å²) in [6.45, 7) is 2.91. The van der Waals surface area contributed by atoms with Crippen molar-refractivity contribution in [1.82, 2.24) is 0 Å². The zero-order valence-corrected chi connectivity index (χ0v) is 8.40. The van der Waals surface area contributed by atoms with Crippen molar-refractivity contribution in [2.75, 3.05) is 0 Å². The molecule has 2 aliphatic rings. The van der Waals surface area contributed by atoms with E-state index in [1.165, 1.54) is 19.3 Å². The molecule has 0 aromatic carbocycles. The second-order valence-electron chi connectivity index (χ2n) is 3.77. The van der Waals surface area contributed by atoms with E-state index in [1.807, 2.05) is 0 Å². The minimum Gasteiger partial charge on any atom is -0.469 e. The first-order valence-corrected chi connectivity index (χ1v) is 4.52. The van der Waals surface area contributed by atoms with E-state index >= 15 is 0 Å². The Labute approximate surface area is 86.5 Å². The number of carbonyl (C=O) groups is 2. The molecule has 0 saturated carbocycles. The van der Waals surface area contributed by atoms with Crippen LogP contribution in [0.5, 0.6) is 0 Å². The average molecular weight is 206 g/mol. The molecule has 0 saturated heterocycles. The smallest absolute Gasteiger partial charge is 0.205 e. The van der Waals surface area contributed by atoms with Gasteiger partial charge in [0.15, 0.2) is 11.4 Å². The Morgan fingerprint density at radius 3 is 2.67 bits per heavy atom. The van der Waals surface area contributed by atoms with Gasteiger partial charge in [0.05, 0.1) is 5.57 Å². The van der Waals surface area contributed by atoms with Gasteiger partial charge < -0.3 is 9.84 Å². The quantitative estimate of drug-likeness (QED) is 0.590. The predicted octanol–water partition coefficient (Wildman–Crippen LogP) is 0.633. The second kappa shape index (κ2) is 2.90. The minimum atomic E-state index is -1.96. The molecule has 1 aliphatic heterocycles. The zero-order chi connectivity index (χ0) is 11.2. The number of rotatable bonds is 0. The van der Waals surface area contributed by atoms with E-state index in [-0.39, 0.29) is 5.57 Å². The number of hydrogen-bond acceptors (Lipinski definition) is 4. The van der Waals surface area contributed by atoms with Crippen molar-refractivity contribution >= 4 is 11.6 Å². The van der Waals surface area contributed by atoms with Gasteiger partial charge in [0.2, 0.25) is 5.78 Å². The van der Waals surface area contributed by atoms with E-state index < -0.39 is 17.2 Å². The van der Waals surface area contributed by atoms with Crippen molar-refractivity contribution in [2.24, 2.45) is 0 Å². The topological polar surface area (TPSA) is 63.6 Å². The highest BCUT2D eigenvalue weighted by Crippen LogP contribution is 2.30. The summed E-state index contributed by atoms with van der Waals surface area (Å²) in [7, 11) is 0. The molecule has 1 unspecified atom stereocenters. The number of allylic oxidation sites excluding steroid dienone is 3. The number of hydrogen-bond donors (Lipinski definition) is 1.